The van der Waals surface area contributed by atoms with Gasteiger partial charge >= 0.3 is 0 Å². The van der Waals surface area contributed by atoms with Crippen molar-refractivity contribution < 1.29 is 5.11 Å². The zero-order valence-electron chi connectivity index (χ0n) is 9.95. The summed E-state index contributed by atoms with van der Waals surface area (Å²) >= 11 is 8.01. The van der Waals surface area contributed by atoms with Gasteiger partial charge in [0, 0.05) is 28.4 Å². The number of hydrogen-bond donors (Lipinski definition) is 2. The lowest BCUT2D eigenvalue weighted by atomic mass is 10.1. The molecule has 2 atom stereocenters. The predicted molar refractivity (Wildman–Crippen MR) is 74.9 cm³/mol. The third kappa shape index (κ3) is 3.09. The summed E-state index contributed by atoms with van der Waals surface area (Å²) in [7, 11) is 0. The molecule has 1 aliphatic carbocycles. The lowest BCUT2D eigenvalue weighted by Crippen LogP contribution is -2.33. The molecular weight excluding hydrogens is 254 g/mol. The zero-order chi connectivity index (χ0) is 12.3. The summed E-state index contributed by atoms with van der Waals surface area (Å²) in [6.45, 7) is 0.646. The first-order valence-electron chi connectivity index (χ1n) is 5.95. The first-order valence-corrected chi connectivity index (χ1v) is 7.61. The van der Waals surface area contributed by atoms with E-state index in [2.05, 4.69) is 11.6 Å². The van der Waals surface area contributed by atoms with Crippen molar-refractivity contribution in [3.63, 3.8) is 0 Å². The van der Waals surface area contributed by atoms with Gasteiger partial charge in [-0.05, 0) is 31.2 Å². The minimum absolute atomic E-state index is 0.281. The number of aromatic hydroxyl groups is 1. The summed E-state index contributed by atoms with van der Waals surface area (Å²) in [5.41, 5.74) is 0.806. The van der Waals surface area contributed by atoms with Crippen LogP contribution in [0.25, 0.3) is 0 Å². The van der Waals surface area contributed by atoms with Crippen LogP contribution in [0.2, 0.25) is 5.02 Å². The van der Waals surface area contributed by atoms with Gasteiger partial charge in [0.1, 0.15) is 5.75 Å². The Hall–Kier alpha value is -0.380. The van der Waals surface area contributed by atoms with Crippen molar-refractivity contribution in [2.75, 3.05) is 6.26 Å². The Bertz CT molecular complexity index is 365. The van der Waals surface area contributed by atoms with Crippen LogP contribution in [0.15, 0.2) is 18.2 Å². The number of phenolic OH excluding ortho intramolecular Hbond substituents is 1. The maximum atomic E-state index is 9.76. The molecule has 2 N–H and O–H groups in total. The van der Waals surface area contributed by atoms with Crippen LogP contribution < -0.4 is 5.32 Å². The zero-order valence-corrected chi connectivity index (χ0v) is 11.5. The molecule has 0 heterocycles. The van der Waals surface area contributed by atoms with Crippen LogP contribution in [0, 0.1) is 0 Å². The van der Waals surface area contributed by atoms with Crippen LogP contribution in [0.1, 0.15) is 24.8 Å². The fourth-order valence-corrected chi connectivity index (χ4v) is 3.60. The number of halogens is 1. The maximum Gasteiger partial charge on any atom is 0.121 e. The fraction of sp³-hybridized carbons (Fsp3) is 0.538. The normalized spacial score (nSPS) is 24.1. The van der Waals surface area contributed by atoms with Crippen molar-refractivity contribution in [3.8, 4) is 5.75 Å². The molecule has 17 heavy (non-hydrogen) atoms. The number of benzene rings is 1. The first kappa shape index (κ1) is 13.1. The number of thioether (sulfide) groups is 1. The molecule has 2 rings (SSSR count). The van der Waals surface area contributed by atoms with E-state index in [1.165, 1.54) is 19.3 Å². The Labute approximate surface area is 112 Å². The molecule has 1 fully saturated rings. The van der Waals surface area contributed by atoms with Gasteiger partial charge in [-0.1, -0.05) is 24.1 Å². The summed E-state index contributed by atoms with van der Waals surface area (Å²) in [4.78, 5) is 0. The van der Waals surface area contributed by atoms with Gasteiger partial charge in [0.25, 0.3) is 0 Å². The minimum atomic E-state index is 0.281. The van der Waals surface area contributed by atoms with Crippen LogP contribution in [0.4, 0.5) is 0 Å². The molecule has 0 aliphatic heterocycles. The number of rotatable bonds is 4. The van der Waals surface area contributed by atoms with Gasteiger partial charge in [-0.25, -0.2) is 0 Å². The van der Waals surface area contributed by atoms with Crippen LogP contribution in [-0.2, 0) is 6.54 Å². The van der Waals surface area contributed by atoms with Gasteiger partial charge < -0.3 is 10.4 Å². The van der Waals surface area contributed by atoms with E-state index in [-0.39, 0.29) is 5.75 Å². The molecular formula is C13H18ClNOS. The highest BCUT2D eigenvalue weighted by atomic mass is 35.5. The van der Waals surface area contributed by atoms with E-state index in [9.17, 15) is 5.11 Å². The van der Waals surface area contributed by atoms with Crippen LogP contribution in [0.3, 0.4) is 0 Å². The number of phenols is 1. The third-order valence-corrected chi connectivity index (χ3v) is 4.91. The molecule has 0 bridgehead atoms. The second-order valence-corrected chi connectivity index (χ2v) is 5.91. The molecule has 0 aromatic heterocycles. The molecule has 4 heteroatoms. The van der Waals surface area contributed by atoms with Crippen LogP contribution >= 0.6 is 23.4 Å². The van der Waals surface area contributed by atoms with Gasteiger partial charge in [0.2, 0.25) is 0 Å². The molecule has 94 valence electrons. The number of nitrogens with one attached hydrogen (secondary N) is 1. The Balaban J connectivity index is 1.98. The van der Waals surface area contributed by atoms with Gasteiger partial charge in [0.05, 0.1) is 0 Å². The second kappa shape index (κ2) is 5.98. The Morgan fingerprint density at radius 1 is 1.47 bits per heavy atom. The third-order valence-electron chi connectivity index (χ3n) is 3.39. The van der Waals surface area contributed by atoms with Gasteiger partial charge in [-0.3, -0.25) is 0 Å². The van der Waals surface area contributed by atoms with Gasteiger partial charge in [-0.15, -0.1) is 0 Å². The highest BCUT2D eigenvalue weighted by Gasteiger charge is 2.26. The van der Waals surface area contributed by atoms with E-state index in [1.807, 2.05) is 17.8 Å². The Morgan fingerprint density at radius 2 is 2.29 bits per heavy atom. The van der Waals surface area contributed by atoms with Crippen molar-refractivity contribution in [2.45, 2.75) is 37.1 Å². The molecule has 0 saturated heterocycles. The van der Waals surface area contributed by atoms with E-state index in [1.54, 1.807) is 12.1 Å². The average Bonchev–Trinajstić information content (AvgIpc) is 2.76. The largest absolute Gasteiger partial charge is 0.508 e. The molecule has 2 nitrogen and oxygen atoms in total. The summed E-state index contributed by atoms with van der Waals surface area (Å²) < 4.78 is 0. The lowest BCUT2D eigenvalue weighted by molar-refractivity contribution is 0.457. The SMILES string of the molecule is CSC1CCCC1NCc1c(O)cccc1Cl. The van der Waals surface area contributed by atoms with Crippen LogP contribution in [0.5, 0.6) is 5.75 Å². The summed E-state index contributed by atoms with van der Waals surface area (Å²) in [5.74, 6) is 0.281. The highest BCUT2D eigenvalue weighted by Crippen LogP contribution is 2.30. The summed E-state index contributed by atoms with van der Waals surface area (Å²) in [5, 5.41) is 14.6. The summed E-state index contributed by atoms with van der Waals surface area (Å²) in [6.07, 6.45) is 5.96. The quantitative estimate of drug-likeness (QED) is 0.880. The topological polar surface area (TPSA) is 32.3 Å². The smallest absolute Gasteiger partial charge is 0.121 e. The molecule has 1 aromatic carbocycles. The molecule has 0 radical (unpaired) electrons. The fourth-order valence-electron chi connectivity index (χ4n) is 2.40. The van der Waals surface area contributed by atoms with E-state index in [4.69, 9.17) is 11.6 Å². The van der Waals surface area contributed by atoms with E-state index < -0.39 is 0 Å². The maximum absolute atomic E-state index is 9.76. The van der Waals surface area contributed by atoms with E-state index in [0.29, 0.717) is 22.9 Å². The van der Waals surface area contributed by atoms with Crippen molar-refractivity contribution in [1.29, 1.82) is 0 Å². The second-order valence-electron chi connectivity index (χ2n) is 4.43. The molecule has 0 amide bonds. The molecule has 2 unspecified atom stereocenters. The molecule has 1 aromatic rings. The Kier molecular flexibility index (Phi) is 4.60. The standard InChI is InChI=1S/C13H18ClNOS/c1-17-13-7-3-5-11(13)15-8-9-10(14)4-2-6-12(9)16/h2,4,6,11,13,15-16H,3,5,7-8H2,1H3. The monoisotopic (exact) mass is 271 g/mol. The Morgan fingerprint density at radius 3 is 3.00 bits per heavy atom. The van der Waals surface area contributed by atoms with Gasteiger partial charge in [-0.2, -0.15) is 11.8 Å². The molecule has 1 saturated carbocycles. The highest BCUT2D eigenvalue weighted by molar-refractivity contribution is 7.99. The van der Waals surface area contributed by atoms with Gasteiger partial charge in [0.15, 0.2) is 0 Å². The predicted octanol–water partition coefficient (Wildman–Crippen LogP) is 3.42. The molecule has 1 aliphatic rings. The molecule has 0 spiro atoms. The van der Waals surface area contributed by atoms with Crippen molar-refractivity contribution >= 4 is 23.4 Å². The number of hydrogen-bond acceptors (Lipinski definition) is 3. The van der Waals surface area contributed by atoms with Crippen molar-refractivity contribution in [3.05, 3.63) is 28.8 Å². The van der Waals surface area contributed by atoms with E-state index >= 15 is 0 Å². The summed E-state index contributed by atoms with van der Waals surface area (Å²) in [6, 6.07) is 5.81. The van der Waals surface area contributed by atoms with E-state index in [0.717, 1.165) is 5.56 Å². The van der Waals surface area contributed by atoms with Crippen LogP contribution in [-0.4, -0.2) is 22.7 Å². The average molecular weight is 272 g/mol. The van der Waals surface area contributed by atoms with Crippen molar-refractivity contribution in [1.82, 2.24) is 5.32 Å². The van der Waals surface area contributed by atoms with Crippen molar-refractivity contribution in [2.24, 2.45) is 0 Å². The first-order chi connectivity index (χ1) is 8.22. The lowest BCUT2D eigenvalue weighted by Gasteiger charge is -2.19. The minimum Gasteiger partial charge on any atom is -0.508 e.